The third kappa shape index (κ3) is 3.58. The van der Waals surface area contributed by atoms with E-state index in [4.69, 9.17) is 0 Å². The Hall–Kier alpha value is -0.980. The van der Waals surface area contributed by atoms with Crippen LogP contribution in [-0.2, 0) is 6.42 Å². The molecule has 1 nitrogen and oxygen atoms in total. The summed E-state index contributed by atoms with van der Waals surface area (Å²) in [6.07, 6.45) is 3.79. The molecule has 0 aliphatic carbocycles. The number of aryl methyl sites for hydroxylation is 1. The summed E-state index contributed by atoms with van der Waals surface area (Å²) < 4.78 is 0. The maximum atomic E-state index is 2.38. The van der Waals surface area contributed by atoms with Crippen LogP contribution in [0.3, 0.4) is 0 Å². The van der Waals surface area contributed by atoms with Crippen LogP contribution >= 0.6 is 0 Å². The zero-order chi connectivity index (χ0) is 11.1. The Bertz CT molecular complexity index is 259. The highest BCUT2D eigenvalue weighted by atomic mass is 15.1. The number of hydrogen-bond donors (Lipinski definition) is 0. The first-order valence-electron chi connectivity index (χ1n) is 6.15. The minimum absolute atomic E-state index is 1.09. The molecule has 84 valence electrons. The van der Waals surface area contributed by atoms with Crippen LogP contribution in [-0.4, -0.2) is 13.1 Å². The van der Waals surface area contributed by atoms with Gasteiger partial charge in [0, 0.05) is 18.8 Å². The van der Waals surface area contributed by atoms with Gasteiger partial charge in [0.05, 0.1) is 0 Å². The normalized spacial score (nSPS) is 10.3. The summed E-state index contributed by atoms with van der Waals surface area (Å²) in [7, 11) is 0. The molecule has 1 heteroatoms. The van der Waals surface area contributed by atoms with E-state index < -0.39 is 0 Å². The molecule has 0 saturated heterocycles. The van der Waals surface area contributed by atoms with E-state index in [1.165, 1.54) is 30.5 Å². The van der Waals surface area contributed by atoms with E-state index in [0.29, 0.717) is 0 Å². The van der Waals surface area contributed by atoms with Crippen LogP contribution in [0.1, 0.15) is 39.2 Å². The summed E-state index contributed by atoms with van der Waals surface area (Å²) in [4.78, 5) is 2.38. The number of nitrogens with zero attached hydrogens (tertiary/aromatic N) is 1. The Labute approximate surface area is 94.1 Å². The van der Waals surface area contributed by atoms with E-state index >= 15 is 0 Å². The predicted octanol–water partition coefficient (Wildman–Crippen LogP) is 3.88. The Morgan fingerprint density at radius 2 is 1.53 bits per heavy atom. The van der Waals surface area contributed by atoms with Crippen LogP contribution < -0.4 is 4.90 Å². The van der Waals surface area contributed by atoms with Gasteiger partial charge in [-0.1, -0.05) is 25.5 Å². The van der Waals surface area contributed by atoms with Gasteiger partial charge in [0.2, 0.25) is 0 Å². The van der Waals surface area contributed by atoms with E-state index in [9.17, 15) is 0 Å². The summed E-state index contributed by atoms with van der Waals surface area (Å²) in [5.74, 6) is 0. The van der Waals surface area contributed by atoms with Gasteiger partial charge in [-0.05, 0) is 44.4 Å². The van der Waals surface area contributed by atoms with Crippen molar-refractivity contribution in [1.29, 1.82) is 0 Å². The maximum Gasteiger partial charge on any atom is 0.0366 e. The molecule has 15 heavy (non-hydrogen) atoms. The van der Waals surface area contributed by atoms with Crippen molar-refractivity contribution in [2.24, 2.45) is 0 Å². The molecular formula is C14H23N. The largest absolute Gasteiger partial charge is 0.372 e. The van der Waals surface area contributed by atoms with Crippen molar-refractivity contribution < 1.29 is 0 Å². The molecule has 1 rings (SSSR count). The highest BCUT2D eigenvalue weighted by Gasteiger charge is 2.00. The van der Waals surface area contributed by atoms with Crippen LogP contribution in [0.4, 0.5) is 5.69 Å². The number of unbranched alkanes of at least 4 members (excludes halogenated alkanes) is 1. The van der Waals surface area contributed by atoms with E-state index in [1.54, 1.807) is 0 Å². The van der Waals surface area contributed by atoms with Crippen molar-refractivity contribution in [3.05, 3.63) is 29.8 Å². The highest BCUT2D eigenvalue weighted by Crippen LogP contribution is 2.15. The van der Waals surface area contributed by atoms with Gasteiger partial charge in [-0.25, -0.2) is 0 Å². The summed E-state index contributed by atoms with van der Waals surface area (Å²) in [5.41, 5.74) is 2.81. The molecule has 0 bridgehead atoms. The lowest BCUT2D eigenvalue weighted by molar-refractivity contribution is 0.794. The van der Waals surface area contributed by atoms with Gasteiger partial charge in [-0.15, -0.1) is 0 Å². The average molecular weight is 205 g/mol. The van der Waals surface area contributed by atoms with Crippen molar-refractivity contribution in [2.75, 3.05) is 18.0 Å². The lowest BCUT2D eigenvalue weighted by Gasteiger charge is -2.21. The first-order valence-corrected chi connectivity index (χ1v) is 6.15. The van der Waals surface area contributed by atoms with Crippen LogP contribution in [0.2, 0.25) is 0 Å². The Morgan fingerprint density at radius 1 is 0.933 bits per heavy atom. The van der Waals surface area contributed by atoms with Crippen LogP contribution in [0.5, 0.6) is 0 Å². The molecule has 0 N–H and O–H groups in total. The lowest BCUT2D eigenvalue weighted by Crippen LogP contribution is -2.21. The molecule has 1 aromatic carbocycles. The summed E-state index contributed by atoms with van der Waals surface area (Å²) in [6, 6.07) is 9.03. The van der Waals surface area contributed by atoms with Crippen LogP contribution in [0, 0.1) is 0 Å². The van der Waals surface area contributed by atoms with Crippen molar-refractivity contribution >= 4 is 5.69 Å². The minimum atomic E-state index is 1.09. The Kier molecular flexibility index (Phi) is 5.23. The maximum absolute atomic E-state index is 2.38. The zero-order valence-electron chi connectivity index (χ0n) is 10.3. The zero-order valence-corrected chi connectivity index (χ0v) is 10.3. The molecule has 0 atom stereocenters. The van der Waals surface area contributed by atoms with Gasteiger partial charge in [0.25, 0.3) is 0 Å². The summed E-state index contributed by atoms with van der Waals surface area (Å²) in [6.45, 7) is 8.82. The molecule has 0 spiro atoms. The molecule has 0 aliphatic rings. The SMILES string of the molecule is CCCCc1ccc(N(CC)CC)cc1. The second kappa shape index (κ2) is 6.49. The standard InChI is InChI=1S/C14H23N/c1-4-7-8-13-9-11-14(12-10-13)15(5-2)6-3/h9-12H,4-8H2,1-3H3. The summed E-state index contributed by atoms with van der Waals surface area (Å²) >= 11 is 0. The van der Waals surface area contributed by atoms with Crippen molar-refractivity contribution in [1.82, 2.24) is 0 Å². The second-order valence-electron chi connectivity index (χ2n) is 3.94. The van der Waals surface area contributed by atoms with Gasteiger partial charge < -0.3 is 4.90 Å². The summed E-state index contributed by atoms with van der Waals surface area (Å²) in [5, 5.41) is 0. The first kappa shape index (κ1) is 12.1. The number of benzene rings is 1. The fraction of sp³-hybridized carbons (Fsp3) is 0.571. The van der Waals surface area contributed by atoms with Gasteiger partial charge in [-0.2, -0.15) is 0 Å². The predicted molar refractivity (Wildman–Crippen MR) is 68.6 cm³/mol. The third-order valence-corrected chi connectivity index (χ3v) is 2.88. The van der Waals surface area contributed by atoms with E-state index in [0.717, 1.165) is 13.1 Å². The quantitative estimate of drug-likeness (QED) is 0.681. The monoisotopic (exact) mass is 205 g/mol. The van der Waals surface area contributed by atoms with Gasteiger partial charge in [0.15, 0.2) is 0 Å². The highest BCUT2D eigenvalue weighted by molar-refractivity contribution is 5.47. The van der Waals surface area contributed by atoms with Crippen molar-refractivity contribution in [3.8, 4) is 0 Å². The minimum Gasteiger partial charge on any atom is -0.372 e. The Morgan fingerprint density at radius 3 is 2.00 bits per heavy atom. The van der Waals surface area contributed by atoms with Gasteiger partial charge in [0.1, 0.15) is 0 Å². The number of hydrogen-bond acceptors (Lipinski definition) is 1. The van der Waals surface area contributed by atoms with E-state index in [2.05, 4.69) is 49.9 Å². The third-order valence-electron chi connectivity index (χ3n) is 2.88. The van der Waals surface area contributed by atoms with Crippen molar-refractivity contribution in [2.45, 2.75) is 40.0 Å². The molecule has 1 aromatic rings. The fourth-order valence-electron chi connectivity index (χ4n) is 1.84. The molecule has 0 amide bonds. The second-order valence-corrected chi connectivity index (χ2v) is 3.94. The van der Waals surface area contributed by atoms with Crippen LogP contribution in [0.15, 0.2) is 24.3 Å². The van der Waals surface area contributed by atoms with Gasteiger partial charge >= 0.3 is 0 Å². The fourth-order valence-corrected chi connectivity index (χ4v) is 1.84. The van der Waals surface area contributed by atoms with E-state index in [-0.39, 0.29) is 0 Å². The molecular weight excluding hydrogens is 182 g/mol. The smallest absolute Gasteiger partial charge is 0.0366 e. The number of rotatable bonds is 6. The molecule has 0 aromatic heterocycles. The van der Waals surface area contributed by atoms with Crippen molar-refractivity contribution in [3.63, 3.8) is 0 Å². The molecule has 0 radical (unpaired) electrons. The van der Waals surface area contributed by atoms with Gasteiger partial charge in [-0.3, -0.25) is 0 Å². The molecule has 0 saturated carbocycles. The molecule has 0 unspecified atom stereocenters. The lowest BCUT2D eigenvalue weighted by atomic mass is 10.1. The molecule has 0 heterocycles. The molecule has 0 aliphatic heterocycles. The average Bonchev–Trinajstić information content (AvgIpc) is 2.29. The van der Waals surface area contributed by atoms with E-state index in [1.807, 2.05) is 0 Å². The molecule has 0 fully saturated rings. The Balaban J connectivity index is 2.62. The number of anilines is 1. The van der Waals surface area contributed by atoms with Crippen LogP contribution in [0.25, 0.3) is 0 Å². The first-order chi connectivity index (χ1) is 7.31. The topological polar surface area (TPSA) is 3.24 Å².